The van der Waals surface area contributed by atoms with E-state index in [0.717, 1.165) is 25.8 Å². The van der Waals surface area contributed by atoms with Gasteiger partial charge in [-0.05, 0) is 25.8 Å². The van der Waals surface area contributed by atoms with Crippen LogP contribution in [0.3, 0.4) is 0 Å². The predicted molar refractivity (Wildman–Crippen MR) is 68.1 cm³/mol. The van der Waals surface area contributed by atoms with Gasteiger partial charge in [-0.1, -0.05) is 6.92 Å². The summed E-state index contributed by atoms with van der Waals surface area (Å²) in [6.07, 6.45) is 3.03. The smallest absolute Gasteiger partial charge is 0.279 e. The molecule has 0 aromatic rings. The van der Waals surface area contributed by atoms with Gasteiger partial charge in [0.15, 0.2) is 0 Å². The fourth-order valence-corrected chi connectivity index (χ4v) is 2.87. The highest BCUT2D eigenvalue weighted by Gasteiger charge is 2.24. The van der Waals surface area contributed by atoms with E-state index in [1.165, 1.54) is 4.31 Å². The minimum atomic E-state index is -3.20. The van der Waals surface area contributed by atoms with E-state index in [4.69, 9.17) is 0 Å². The molecule has 0 aromatic carbocycles. The fourth-order valence-electron chi connectivity index (χ4n) is 1.59. The Morgan fingerprint density at radius 2 is 1.75 bits per heavy atom. The number of halogens is 1. The lowest BCUT2D eigenvalue weighted by molar-refractivity contribution is 0.464. The molecule has 1 saturated heterocycles. The molecular formula is C9H22ClN3O2S. The molecule has 1 rings (SSSR count). The highest BCUT2D eigenvalue weighted by Crippen LogP contribution is 2.10. The lowest BCUT2D eigenvalue weighted by atomic mass is 10.4. The first kappa shape index (κ1) is 16.1. The minimum Gasteiger partial charge on any atom is -0.315 e. The minimum absolute atomic E-state index is 0. The van der Waals surface area contributed by atoms with Crippen molar-refractivity contribution < 1.29 is 8.42 Å². The molecule has 0 aliphatic carbocycles. The van der Waals surface area contributed by atoms with Gasteiger partial charge in [-0.25, -0.2) is 4.72 Å². The number of nitrogens with zero attached hydrogens (tertiary/aromatic N) is 1. The Kier molecular flexibility index (Phi) is 8.31. The largest absolute Gasteiger partial charge is 0.315 e. The van der Waals surface area contributed by atoms with Gasteiger partial charge < -0.3 is 5.32 Å². The van der Waals surface area contributed by atoms with Gasteiger partial charge in [0.1, 0.15) is 0 Å². The van der Waals surface area contributed by atoms with Crippen LogP contribution < -0.4 is 10.0 Å². The van der Waals surface area contributed by atoms with Gasteiger partial charge >= 0.3 is 0 Å². The van der Waals surface area contributed by atoms with Crippen LogP contribution in [0.1, 0.15) is 26.2 Å². The first-order valence-corrected chi connectivity index (χ1v) is 7.06. The Bertz CT molecular complexity index is 266. The maximum atomic E-state index is 11.7. The van der Waals surface area contributed by atoms with Crippen LogP contribution in [0.5, 0.6) is 0 Å². The first-order chi connectivity index (χ1) is 7.17. The second-order valence-electron chi connectivity index (χ2n) is 3.76. The monoisotopic (exact) mass is 271 g/mol. The van der Waals surface area contributed by atoms with Crippen LogP contribution in [0.25, 0.3) is 0 Å². The van der Waals surface area contributed by atoms with Gasteiger partial charge in [0.25, 0.3) is 10.2 Å². The Morgan fingerprint density at radius 1 is 1.12 bits per heavy atom. The van der Waals surface area contributed by atoms with Gasteiger partial charge in [0.2, 0.25) is 0 Å². The van der Waals surface area contributed by atoms with Gasteiger partial charge in [0, 0.05) is 26.2 Å². The van der Waals surface area contributed by atoms with Crippen LogP contribution in [0.2, 0.25) is 0 Å². The average Bonchev–Trinajstić information content (AvgIpc) is 2.70. The number of rotatable bonds is 7. The molecule has 0 radical (unpaired) electrons. The molecule has 0 spiro atoms. The molecule has 0 unspecified atom stereocenters. The normalized spacial score (nSPS) is 17.3. The lowest BCUT2D eigenvalue weighted by Gasteiger charge is -2.16. The molecule has 0 amide bonds. The standard InChI is InChI=1S/C9H21N3O2S.ClH/c1-2-5-10-6-7-11-15(13,14)12-8-3-4-9-12;/h10-11H,2-9H2,1H3;1H. The van der Waals surface area contributed by atoms with Crippen molar-refractivity contribution in [3.05, 3.63) is 0 Å². The zero-order valence-corrected chi connectivity index (χ0v) is 11.4. The topological polar surface area (TPSA) is 61.4 Å². The third kappa shape index (κ3) is 5.45. The van der Waals surface area contributed by atoms with Crippen molar-refractivity contribution in [3.63, 3.8) is 0 Å². The Labute approximate surface area is 105 Å². The lowest BCUT2D eigenvalue weighted by Crippen LogP contribution is -2.41. The summed E-state index contributed by atoms with van der Waals surface area (Å²) in [5, 5.41) is 3.15. The van der Waals surface area contributed by atoms with Crippen LogP contribution in [0.15, 0.2) is 0 Å². The molecule has 5 nitrogen and oxygen atoms in total. The second kappa shape index (κ2) is 8.25. The van der Waals surface area contributed by atoms with Crippen LogP contribution in [0, 0.1) is 0 Å². The molecule has 1 aliphatic rings. The molecule has 2 N–H and O–H groups in total. The first-order valence-electron chi connectivity index (χ1n) is 5.62. The summed E-state index contributed by atoms with van der Waals surface area (Å²) < 4.78 is 27.4. The number of hydrogen-bond donors (Lipinski definition) is 2. The summed E-state index contributed by atoms with van der Waals surface area (Å²) in [4.78, 5) is 0. The van der Waals surface area contributed by atoms with E-state index < -0.39 is 10.2 Å². The SMILES string of the molecule is CCCNCCNS(=O)(=O)N1CCCC1.Cl. The Morgan fingerprint density at radius 3 is 2.31 bits per heavy atom. The van der Waals surface area contributed by atoms with E-state index >= 15 is 0 Å². The highest BCUT2D eigenvalue weighted by molar-refractivity contribution is 7.87. The van der Waals surface area contributed by atoms with Gasteiger partial charge in [-0.3, -0.25) is 0 Å². The number of hydrogen-bond acceptors (Lipinski definition) is 3. The van der Waals surface area contributed by atoms with Crippen molar-refractivity contribution >= 4 is 22.6 Å². The van der Waals surface area contributed by atoms with Crippen molar-refractivity contribution in [1.29, 1.82) is 0 Å². The summed E-state index contributed by atoms with van der Waals surface area (Å²) in [7, 11) is -3.20. The molecule has 1 aliphatic heterocycles. The third-order valence-electron chi connectivity index (χ3n) is 2.42. The van der Waals surface area contributed by atoms with Crippen molar-refractivity contribution in [1.82, 2.24) is 14.3 Å². The maximum absolute atomic E-state index is 11.7. The Balaban J connectivity index is 0.00000225. The molecule has 0 saturated carbocycles. The summed E-state index contributed by atoms with van der Waals surface area (Å²) in [5.74, 6) is 0. The van der Waals surface area contributed by atoms with E-state index in [9.17, 15) is 8.42 Å². The molecule has 0 aromatic heterocycles. The third-order valence-corrected chi connectivity index (χ3v) is 4.03. The van der Waals surface area contributed by atoms with Crippen molar-refractivity contribution in [2.75, 3.05) is 32.7 Å². The van der Waals surface area contributed by atoms with E-state index in [2.05, 4.69) is 17.0 Å². The van der Waals surface area contributed by atoms with Crippen LogP contribution in [-0.2, 0) is 10.2 Å². The van der Waals surface area contributed by atoms with Crippen LogP contribution in [-0.4, -0.2) is 45.4 Å². The summed E-state index contributed by atoms with van der Waals surface area (Å²) in [6.45, 7) is 5.52. The molecule has 0 atom stereocenters. The summed E-state index contributed by atoms with van der Waals surface area (Å²) in [5.41, 5.74) is 0. The molecule has 0 bridgehead atoms. The molecule has 1 heterocycles. The van der Waals surface area contributed by atoms with Crippen molar-refractivity contribution in [3.8, 4) is 0 Å². The van der Waals surface area contributed by atoms with E-state index in [1.807, 2.05) is 0 Å². The van der Waals surface area contributed by atoms with E-state index in [-0.39, 0.29) is 12.4 Å². The van der Waals surface area contributed by atoms with Crippen LogP contribution in [0.4, 0.5) is 0 Å². The fraction of sp³-hybridized carbons (Fsp3) is 1.00. The maximum Gasteiger partial charge on any atom is 0.279 e. The second-order valence-corrected chi connectivity index (χ2v) is 5.51. The Hall–Kier alpha value is 0.120. The molecule has 98 valence electrons. The average molecular weight is 272 g/mol. The van der Waals surface area contributed by atoms with Crippen LogP contribution >= 0.6 is 12.4 Å². The zero-order valence-electron chi connectivity index (χ0n) is 9.74. The predicted octanol–water partition coefficient (Wildman–Crippen LogP) is 0.338. The molecule has 7 heteroatoms. The van der Waals surface area contributed by atoms with E-state index in [0.29, 0.717) is 26.2 Å². The van der Waals surface area contributed by atoms with Gasteiger partial charge in [-0.2, -0.15) is 12.7 Å². The quantitative estimate of drug-likeness (QED) is 0.657. The summed E-state index contributed by atoms with van der Waals surface area (Å²) >= 11 is 0. The van der Waals surface area contributed by atoms with E-state index in [1.54, 1.807) is 0 Å². The number of nitrogens with one attached hydrogen (secondary N) is 2. The van der Waals surface area contributed by atoms with Crippen molar-refractivity contribution in [2.45, 2.75) is 26.2 Å². The molecule has 16 heavy (non-hydrogen) atoms. The van der Waals surface area contributed by atoms with Gasteiger partial charge in [-0.15, -0.1) is 12.4 Å². The highest BCUT2D eigenvalue weighted by atomic mass is 35.5. The van der Waals surface area contributed by atoms with Gasteiger partial charge in [0.05, 0.1) is 0 Å². The molecule has 1 fully saturated rings. The summed E-state index contributed by atoms with van der Waals surface area (Å²) in [6, 6.07) is 0. The zero-order chi connectivity index (χ0) is 11.1. The van der Waals surface area contributed by atoms with Crippen molar-refractivity contribution in [2.24, 2.45) is 0 Å². The molecular weight excluding hydrogens is 250 g/mol.